The summed E-state index contributed by atoms with van der Waals surface area (Å²) < 4.78 is 43.4. The molecule has 0 aliphatic carbocycles. The second kappa shape index (κ2) is 7.79. The highest BCUT2D eigenvalue weighted by atomic mass is 32.2. The zero-order valence-corrected chi connectivity index (χ0v) is 13.7. The van der Waals surface area contributed by atoms with Crippen molar-refractivity contribution in [3.8, 4) is 5.75 Å². The fraction of sp³-hybridized carbons (Fsp3) is 0.333. The molecule has 0 spiro atoms. The van der Waals surface area contributed by atoms with Gasteiger partial charge in [-0.1, -0.05) is 12.7 Å². The Morgan fingerprint density at radius 3 is 2.72 bits per heavy atom. The summed E-state index contributed by atoms with van der Waals surface area (Å²) in [4.78, 5) is 24.8. The molecule has 0 radical (unpaired) electrons. The molecule has 1 aromatic rings. The van der Waals surface area contributed by atoms with Crippen LogP contribution in [0.1, 0.15) is 16.8 Å². The highest BCUT2D eigenvalue weighted by Crippen LogP contribution is 2.42. The Hall–Kier alpha value is -2.20. The molecule has 25 heavy (non-hydrogen) atoms. The van der Waals surface area contributed by atoms with Crippen LogP contribution in [0.4, 0.5) is 13.2 Å². The molecular weight excluding hydrogens is 361 g/mol. The number of nitrogens with one attached hydrogen (secondary N) is 1. The van der Waals surface area contributed by atoms with Crippen LogP contribution >= 0.6 is 11.8 Å². The maximum absolute atomic E-state index is 12.7. The Balaban J connectivity index is 2.26. The number of ether oxygens (including phenoxy) is 1. The predicted octanol–water partition coefficient (Wildman–Crippen LogP) is 2.58. The molecule has 1 aliphatic heterocycles. The summed E-state index contributed by atoms with van der Waals surface area (Å²) >= 11 is -0.391. The molecule has 1 aliphatic rings. The van der Waals surface area contributed by atoms with Crippen LogP contribution in [-0.2, 0) is 4.79 Å². The molecule has 0 aromatic heterocycles. The molecule has 1 aromatic carbocycles. The van der Waals surface area contributed by atoms with E-state index < -0.39 is 35.1 Å². The molecule has 1 saturated heterocycles. The molecule has 0 unspecified atom stereocenters. The summed E-state index contributed by atoms with van der Waals surface area (Å²) in [5, 5.41) is 8.64. The number of alkyl halides is 3. The number of benzene rings is 1. The molecule has 2 amide bonds. The van der Waals surface area contributed by atoms with Gasteiger partial charge in [0.25, 0.3) is 11.8 Å². The van der Waals surface area contributed by atoms with Gasteiger partial charge in [-0.2, -0.15) is 13.2 Å². The Bertz CT molecular complexity index is 681. The number of rotatable bonds is 6. The average Bonchev–Trinajstić information content (AvgIpc) is 2.50. The zero-order chi connectivity index (χ0) is 18.6. The summed E-state index contributed by atoms with van der Waals surface area (Å²) in [5.41, 5.74) is -3.10. The Morgan fingerprint density at radius 2 is 2.20 bits per heavy atom. The van der Waals surface area contributed by atoms with Crippen LogP contribution in [0.2, 0.25) is 0 Å². The molecule has 6 nitrogen and oxygen atoms in total. The van der Waals surface area contributed by atoms with Gasteiger partial charge in [-0.3, -0.25) is 14.8 Å². The van der Waals surface area contributed by atoms with Crippen molar-refractivity contribution in [3.63, 3.8) is 0 Å². The second-order valence-corrected chi connectivity index (χ2v) is 6.19. The molecule has 1 fully saturated rings. The predicted molar refractivity (Wildman–Crippen MR) is 83.4 cm³/mol. The maximum atomic E-state index is 12.7. The summed E-state index contributed by atoms with van der Waals surface area (Å²) in [7, 11) is 0. The number of nitrogens with zero attached hydrogens (tertiary/aromatic N) is 1. The van der Waals surface area contributed by atoms with Crippen LogP contribution in [-0.4, -0.2) is 46.6 Å². The van der Waals surface area contributed by atoms with Crippen LogP contribution in [0.25, 0.3) is 0 Å². The fourth-order valence-corrected chi connectivity index (χ4v) is 2.92. The van der Waals surface area contributed by atoms with Crippen molar-refractivity contribution in [2.24, 2.45) is 0 Å². The lowest BCUT2D eigenvalue weighted by Gasteiger charge is -2.39. The maximum Gasteiger partial charge on any atom is 0.446 e. The third-order valence-corrected chi connectivity index (χ3v) is 4.24. The minimum absolute atomic E-state index is 0.00635. The molecule has 2 N–H and O–H groups in total. The first kappa shape index (κ1) is 19.1. The number of halogens is 3. The van der Waals surface area contributed by atoms with Crippen LogP contribution in [0, 0.1) is 0 Å². The number of amides is 2. The van der Waals surface area contributed by atoms with Gasteiger partial charge in [-0.05, 0) is 36.4 Å². The SMILES string of the molecule is C=CCOc1ccc(C(=O)N2CC[C@@H]2C(=O)NO)cc1SC(F)(F)F. The topological polar surface area (TPSA) is 78.9 Å². The lowest BCUT2D eigenvalue weighted by Crippen LogP contribution is -2.57. The first-order valence-corrected chi connectivity index (χ1v) is 7.97. The van der Waals surface area contributed by atoms with E-state index >= 15 is 0 Å². The minimum atomic E-state index is -4.55. The van der Waals surface area contributed by atoms with E-state index in [9.17, 15) is 22.8 Å². The van der Waals surface area contributed by atoms with Crippen molar-refractivity contribution in [2.45, 2.75) is 22.9 Å². The van der Waals surface area contributed by atoms with Crippen LogP contribution < -0.4 is 10.2 Å². The van der Waals surface area contributed by atoms with Crippen molar-refractivity contribution in [2.75, 3.05) is 13.2 Å². The normalized spacial score (nSPS) is 16.8. The van der Waals surface area contributed by atoms with Gasteiger partial charge in [0.2, 0.25) is 0 Å². The highest BCUT2D eigenvalue weighted by molar-refractivity contribution is 8.00. The molecule has 0 bridgehead atoms. The lowest BCUT2D eigenvalue weighted by atomic mass is 10.0. The average molecular weight is 376 g/mol. The summed E-state index contributed by atoms with van der Waals surface area (Å²) in [6, 6.07) is 2.83. The van der Waals surface area contributed by atoms with Crippen LogP contribution in [0.3, 0.4) is 0 Å². The van der Waals surface area contributed by atoms with Gasteiger partial charge in [0.15, 0.2) is 0 Å². The molecule has 1 atom stereocenters. The van der Waals surface area contributed by atoms with Crippen molar-refractivity contribution in [1.82, 2.24) is 10.4 Å². The number of carbonyl (C=O) groups excluding carboxylic acids is 2. The van der Waals surface area contributed by atoms with Crippen molar-refractivity contribution >= 4 is 23.6 Å². The minimum Gasteiger partial charge on any atom is -0.488 e. The Kier molecular flexibility index (Phi) is 5.96. The molecule has 10 heteroatoms. The van der Waals surface area contributed by atoms with E-state index in [1.807, 2.05) is 0 Å². The quantitative estimate of drug-likeness (QED) is 0.345. The van der Waals surface area contributed by atoms with E-state index in [0.717, 1.165) is 6.07 Å². The summed E-state index contributed by atoms with van der Waals surface area (Å²) in [5.74, 6) is -1.36. The largest absolute Gasteiger partial charge is 0.488 e. The standard InChI is InChI=1S/C15H15F3N2O4S/c1-2-7-24-11-4-3-9(8-12(11)25-15(16,17)18)14(22)20-6-5-10(20)13(21)19-23/h2-4,8,10,23H,1,5-7H2,(H,19,21)/t10-/m1/s1. The van der Waals surface area contributed by atoms with Gasteiger partial charge < -0.3 is 9.64 Å². The van der Waals surface area contributed by atoms with E-state index in [1.54, 1.807) is 0 Å². The first-order chi connectivity index (χ1) is 11.8. The third kappa shape index (κ3) is 4.67. The molecule has 136 valence electrons. The van der Waals surface area contributed by atoms with E-state index in [1.165, 1.54) is 28.6 Å². The Labute approximate surface area is 145 Å². The monoisotopic (exact) mass is 376 g/mol. The van der Waals surface area contributed by atoms with E-state index in [-0.39, 0.29) is 29.4 Å². The fourth-order valence-electron chi connectivity index (χ4n) is 2.26. The molecule has 2 rings (SSSR count). The van der Waals surface area contributed by atoms with Crippen LogP contribution in [0.15, 0.2) is 35.7 Å². The first-order valence-electron chi connectivity index (χ1n) is 7.15. The zero-order valence-electron chi connectivity index (χ0n) is 12.9. The molecule has 1 heterocycles. The van der Waals surface area contributed by atoms with Crippen LogP contribution in [0.5, 0.6) is 5.75 Å². The van der Waals surface area contributed by atoms with Gasteiger partial charge in [-0.25, -0.2) is 5.48 Å². The van der Waals surface area contributed by atoms with Gasteiger partial charge in [0.1, 0.15) is 18.4 Å². The van der Waals surface area contributed by atoms with Crippen molar-refractivity contribution in [3.05, 3.63) is 36.4 Å². The van der Waals surface area contributed by atoms with Crippen molar-refractivity contribution < 1.29 is 32.7 Å². The number of hydrogen-bond acceptors (Lipinski definition) is 5. The van der Waals surface area contributed by atoms with Gasteiger partial charge in [0, 0.05) is 12.1 Å². The highest BCUT2D eigenvalue weighted by Gasteiger charge is 2.38. The number of hydrogen-bond donors (Lipinski definition) is 2. The number of thioether (sulfide) groups is 1. The molecule has 0 saturated carbocycles. The Morgan fingerprint density at radius 1 is 1.48 bits per heavy atom. The number of likely N-dealkylation sites (tertiary alicyclic amines) is 1. The smallest absolute Gasteiger partial charge is 0.446 e. The summed E-state index contributed by atoms with van der Waals surface area (Å²) in [6.45, 7) is 3.72. The summed E-state index contributed by atoms with van der Waals surface area (Å²) in [6.07, 6.45) is 1.75. The van der Waals surface area contributed by atoms with Gasteiger partial charge >= 0.3 is 5.51 Å². The lowest BCUT2D eigenvalue weighted by molar-refractivity contribution is -0.137. The number of hydroxylamine groups is 1. The van der Waals surface area contributed by atoms with E-state index in [4.69, 9.17) is 9.94 Å². The molecular formula is C15H15F3N2O4S. The van der Waals surface area contributed by atoms with Gasteiger partial charge in [0.05, 0.1) is 4.90 Å². The van der Waals surface area contributed by atoms with Gasteiger partial charge in [-0.15, -0.1) is 0 Å². The third-order valence-electron chi connectivity index (χ3n) is 3.47. The van der Waals surface area contributed by atoms with E-state index in [0.29, 0.717) is 6.42 Å². The van der Waals surface area contributed by atoms with E-state index in [2.05, 4.69) is 6.58 Å². The number of carbonyl (C=O) groups is 2. The second-order valence-electron chi connectivity index (χ2n) is 5.09. The van der Waals surface area contributed by atoms with Crippen molar-refractivity contribution in [1.29, 1.82) is 0 Å².